The smallest absolute Gasteiger partial charge is 0.196 e. The molecular formula is C14H14N2OS. The lowest BCUT2D eigenvalue weighted by molar-refractivity contribution is 0.501. The fraction of sp³-hybridized carbons (Fsp3) is 0.214. The van der Waals surface area contributed by atoms with Crippen LogP contribution in [0.1, 0.15) is 5.89 Å². The third kappa shape index (κ3) is 2.05. The average molecular weight is 258 g/mol. The standard InChI is InChI=1S/C14H14N2OS/c1-15-7-6-14-16-8-12(17-14)11-9-18-13-5-3-2-4-10(11)13/h2-5,8-9,15H,6-7H2,1H3. The zero-order chi connectivity index (χ0) is 12.4. The van der Waals surface area contributed by atoms with Crippen LogP contribution < -0.4 is 5.32 Å². The van der Waals surface area contributed by atoms with Gasteiger partial charge in [0.25, 0.3) is 0 Å². The zero-order valence-electron chi connectivity index (χ0n) is 10.1. The van der Waals surface area contributed by atoms with E-state index in [4.69, 9.17) is 4.42 Å². The van der Waals surface area contributed by atoms with E-state index in [0.29, 0.717) is 0 Å². The van der Waals surface area contributed by atoms with Crippen molar-refractivity contribution in [1.82, 2.24) is 10.3 Å². The lowest BCUT2D eigenvalue weighted by Gasteiger charge is -1.95. The predicted octanol–water partition coefficient (Wildman–Crippen LogP) is 3.32. The van der Waals surface area contributed by atoms with Crippen molar-refractivity contribution in [2.75, 3.05) is 13.6 Å². The highest BCUT2D eigenvalue weighted by atomic mass is 32.1. The van der Waals surface area contributed by atoms with Gasteiger partial charge in [-0.15, -0.1) is 11.3 Å². The van der Waals surface area contributed by atoms with E-state index < -0.39 is 0 Å². The normalized spacial score (nSPS) is 11.2. The number of aromatic nitrogens is 1. The summed E-state index contributed by atoms with van der Waals surface area (Å²) in [6.45, 7) is 0.879. The van der Waals surface area contributed by atoms with E-state index in [2.05, 4.69) is 39.9 Å². The van der Waals surface area contributed by atoms with Crippen molar-refractivity contribution < 1.29 is 4.42 Å². The summed E-state index contributed by atoms with van der Waals surface area (Å²) in [4.78, 5) is 4.31. The van der Waals surface area contributed by atoms with Gasteiger partial charge in [0.15, 0.2) is 11.7 Å². The van der Waals surface area contributed by atoms with Gasteiger partial charge in [0.1, 0.15) is 0 Å². The molecule has 0 spiro atoms. The van der Waals surface area contributed by atoms with Crippen LogP contribution in [0.25, 0.3) is 21.4 Å². The van der Waals surface area contributed by atoms with E-state index in [1.54, 1.807) is 11.3 Å². The summed E-state index contributed by atoms with van der Waals surface area (Å²) in [6, 6.07) is 8.36. The number of thiophene rings is 1. The van der Waals surface area contributed by atoms with E-state index in [9.17, 15) is 0 Å². The molecule has 2 aromatic heterocycles. The van der Waals surface area contributed by atoms with Crippen molar-refractivity contribution in [1.29, 1.82) is 0 Å². The van der Waals surface area contributed by atoms with Gasteiger partial charge in [0.05, 0.1) is 6.20 Å². The quantitative estimate of drug-likeness (QED) is 0.780. The Balaban J connectivity index is 1.96. The van der Waals surface area contributed by atoms with E-state index in [-0.39, 0.29) is 0 Å². The van der Waals surface area contributed by atoms with Gasteiger partial charge in [0.2, 0.25) is 0 Å². The van der Waals surface area contributed by atoms with Gasteiger partial charge in [-0.05, 0) is 13.1 Å². The van der Waals surface area contributed by atoms with Crippen LogP contribution in [-0.2, 0) is 6.42 Å². The highest BCUT2D eigenvalue weighted by molar-refractivity contribution is 7.17. The number of rotatable bonds is 4. The molecule has 0 aliphatic rings. The Bertz CT molecular complexity index is 656. The Morgan fingerprint density at radius 2 is 2.22 bits per heavy atom. The van der Waals surface area contributed by atoms with Crippen LogP contribution in [0.4, 0.5) is 0 Å². The Labute approximate surface area is 109 Å². The molecule has 0 radical (unpaired) electrons. The first-order valence-corrected chi connectivity index (χ1v) is 6.82. The molecule has 4 heteroatoms. The predicted molar refractivity (Wildman–Crippen MR) is 75.0 cm³/mol. The van der Waals surface area contributed by atoms with Crippen molar-refractivity contribution in [3.8, 4) is 11.3 Å². The van der Waals surface area contributed by atoms with Crippen molar-refractivity contribution in [3.63, 3.8) is 0 Å². The molecule has 3 rings (SSSR count). The Morgan fingerprint density at radius 1 is 1.33 bits per heavy atom. The van der Waals surface area contributed by atoms with Gasteiger partial charge in [0, 0.05) is 34.0 Å². The lowest BCUT2D eigenvalue weighted by atomic mass is 10.1. The largest absolute Gasteiger partial charge is 0.441 e. The maximum absolute atomic E-state index is 5.79. The van der Waals surface area contributed by atoms with Crippen molar-refractivity contribution in [3.05, 3.63) is 41.7 Å². The first-order chi connectivity index (χ1) is 8.88. The molecule has 0 fully saturated rings. The summed E-state index contributed by atoms with van der Waals surface area (Å²) in [6.07, 6.45) is 2.64. The second-order valence-corrected chi connectivity index (χ2v) is 5.03. The van der Waals surface area contributed by atoms with Gasteiger partial charge in [-0.1, -0.05) is 18.2 Å². The molecule has 0 unspecified atom stereocenters. The van der Waals surface area contributed by atoms with Crippen LogP contribution in [0.3, 0.4) is 0 Å². The monoisotopic (exact) mass is 258 g/mol. The SMILES string of the molecule is CNCCc1ncc(-c2csc3ccccc23)o1. The van der Waals surface area contributed by atoms with Crippen LogP contribution in [0.15, 0.2) is 40.3 Å². The van der Waals surface area contributed by atoms with Crippen molar-refractivity contribution >= 4 is 21.4 Å². The van der Waals surface area contributed by atoms with E-state index in [1.165, 1.54) is 10.1 Å². The second kappa shape index (κ2) is 4.92. The van der Waals surface area contributed by atoms with E-state index in [1.807, 2.05) is 13.2 Å². The summed E-state index contributed by atoms with van der Waals surface area (Å²) in [5, 5.41) is 6.46. The summed E-state index contributed by atoms with van der Waals surface area (Å²) in [7, 11) is 1.93. The maximum atomic E-state index is 5.79. The molecule has 0 amide bonds. The number of nitrogens with one attached hydrogen (secondary N) is 1. The van der Waals surface area contributed by atoms with Gasteiger partial charge < -0.3 is 9.73 Å². The Hall–Kier alpha value is -1.65. The van der Waals surface area contributed by atoms with E-state index in [0.717, 1.165) is 30.2 Å². The third-order valence-corrected chi connectivity index (χ3v) is 3.85. The fourth-order valence-electron chi connectivity index (χ4n) is 1.95. The summed E-state index contributed by atoms with van der Waals surface area (Å²) in [5.41, 5.74) is 1.14. The van der Waals surface area contributed by atoms with Crippen LogP contribution in [0, 0.1) is 0 Å². The summed E-state index contributed by atoms with van der Waals surface area (Å²) in [5.74, 6) is 1.65. The van der Waals surface area contributed by atoms with Gasteiger partial charge >= 0.3 is 0 Å². The first kappa shape index (κ1) is 11.4. The Kier molecular flexibility index (Phi) is 3.13. The van der Waals surface area contributed by atoms with Gasteiger partial charge in [-0.25, -0.2) is 4.98 Å². The maximum Gasteiger partial charge on any atom is 0.196 e. The topological polar surface area (TPSA) is 38.1 Å². The molecule has 0 atom stereocenters. The third-order valence-electron chi connectivity index (χ3n) is 2.89. The molecule has 92 valence electrons. The van der Waals surface area contributed by atoms with Crippen LogP contribution in [0.5, 0.6) is 0 Å². The molecule has 2 heterocycles. The molecule has 1 N–H and O–H groups in total. The summed E-state index contributed by atoms with van der Waals surface area (Å²) < 4.78 is 7.07. The summed E-state index contributed by atoms with van der Waals surface area (Å²) >= 11 is 1.74. The van der Waals surface area contributed by atoms with Crippen LogP contribution >= 0.6 is 11.3 Å². The molecule has 3 nitrogen and oxygen atoms in total. The minimum absolute atomic E-state index is 0.787. The highest BCUT2D eigenvalue weighted by Gasteiger charge is 2.10. The number of benzene rings is 1. The fourth-order valence-corrected chi connectivity index (χ4v) is 2.90. The molecule has 0 saturated heterocycles. The number of likely N-dealkylation sites (N-methyl/N-ethyl adjacent to an activating group) is 1. The number of oxazole rings is 1. The minimum Gasteiger partial charge on any atom is -0.441 e. The zero-order valence-corrected chi connectivity index (χ0v) is 11.0. The molecule has 0 saturated carbocycles. The van der Waals surface area contributed by atoms with Crippen molar-refractivity contribution in [2.24, 2.45) is 0 Å². The first-order valence-electron chi connectivity index (χ1n) is 5.94. The van der Waals surface area contributed by atoms with Gasteiger partial charge in [-0.2, -0.15) is 0 Å². The number of hydrogen-bond donors (Lipinski definition) is 1. The molecule has 0 bridgehead atoms. The lowest BCUT2D eigenvalue weighted by Crippen LogP contribution is -2.10. The molecule has 1 aromatic carbocycles. The highest BCUT2D eigenvalue weighted by Crippen LogP contribution is 2.33. The molecule has 3 aromatic rings. The van der Waals surface area contributed by atoms with Crippen LogP contribution in [-0.4, -0.2) is 18.6 Å². The molecule has 0 aliphatic heterocycles. The number of fused-ring (bicyclic) bond motifs is 1. The Morgan fingerprint density at radius 3 is 3.11 bits per heavy atom. The van der Waals surface area contributed by atoms with Crippen molar-refractivity contribution in [2.45, 2.75) is 6.42 Å². The minimum atomic E-state index is 0.787. The molecule has 0 aliphatic carbocycles. The van der Waals surface area contributed by atoms with E-state index >= 15 is 0 Å². The average Bonchev–Trinajstić information content (AvgIpc) is 3.02. The number of hydrogen-bond acceptors (Lipinski definition) is 4. The molecule has 18 heavy (non-hydrogen) atoms. The molecular weight excluding hydrogens is 244 g/mol. The second-order valence-electron chi connectivity index (χ2n) is 4.12. The number of nitrogens with zero attached hydrogens (tertiary/aromatic N) is 1. The van der Waals surface area contributed by atoms with Gasteiger partial charge in [-0.3, -0.25) is 0 Å². The van der Waals surface area contributed by atoms with Crippen LogP contribution in [0.2, 0.25) is 0 Å².